The maximum atomic E-state index is 12.1. The van der Waals surface area contributed by atoms with Crippen molar-refractivity contribution in [2.45, 2.75) is 77.5 Å². The molecule has 0 fully saturated rings. The molecule has 290 valence electrons. The SMILES string of the molecule is CB(C)O.CON(C)C(=O)C(CCCCNC(=O)OCc1ccccc1)NCB=O.O=BCNC(CCCCNC(=O)OCc1ccccc1)C(=O)O. The Hall–Kier alpha value is -4.45. The Morgan fingerprint density at radius 2 is 1.13 bits per heavy atom. The molecule has 0 radical (unpaired) electrons. The fourth-order valence-electron chi connectivity index (χ4n) is 4.19. The zero-order valence-corrected chi connectivity index (χ0v) is 31.2. The van der Waals surface area contributed by atoms with Crippen LogP contribution in [0.5, 0.6) is 0 Å². The Morgan fingerprint density at radius 1 is 0.736 bits per heavy atom. The van der Waals surface area contributed by atoms with E-state index in [0.29, 0.717) is 65.9 Å². The van der Waals surface area contributed by atoms with Crippen molar-refractivity contribution in [2.75, 3.05) is 40.1 Å². The average Bonchev–Trinajstić information content (AvgIpc) is 3.15. The number of carbonyl (C=O) groups excluding carboxylic acids is 3. The molecule has 19 heteroatoms. The van der Waals surface area contributed by atoms with E-state index in [-0.39, 0.29) is 38.9 Å². The molecule has 2 unspecified atom stereocenters. The Labute approximate surface area is 313 Å². The van der Waals surface area contributed by atoms with E-state index in [2.05, 4.69) is 21.3 Å². The van der Waals surface area contributed by atoms with Crippen molar-refractivity contribution in [3.63, 3.8) is 0 Å². The molecule has 16 nitrogen and oxygen atoms in total. The van der Waals surface area contributed by atoms with Gasteiger partial charge in [0.2, 0.25) is 0 Å². The van der Waals surface area contributed by atoms with Crippen LogP contribution in [0, 0.1) is 0 Å². The number of rotatable bonds is 23. The van der Waals surface area contributed by atoms with Gasteiger partial charge in [-0.05, 0) is 0 Å². The van der Waals surface area contributed by atoms with Gasteiger partial charge in [-0.3, -0.25) is 0 Å². The number of likely N-dealkylation sites (N-methyl/N-ethyl adjacent to an activating group) is 1. The van der Waals surface area contributed by atoms with Crippen LogP contribution in [0.15, 0.2) is 60.7 Å². The molecular weight excluding hydrogens is 687 g/mol. The fraction of sp³-hybridized carbons (Fsp3) is 0.529. The summed E-state index contributed by atoms with van der Waals surface area (Å²) >= 11 is 0. The van der Waals surface area contributed by atoms with Gasteiger partial charge in [-0.1, -0.05) is 74.3 Å². The standard InChI is InChI=1S/C17H26BN3O5.C15H21BN2O5.C2H7BO/c1-21(25-2)16(22)15(20-13-18-24)10-6-7-11-19-17(23)26-12-14-8-4-3-5-9-14;19-14(20)13(18-11-16-22)8-4-5-9-17-15(21)23-10-12-6-2-1-3-7-12;1-3(2)4/h3-5,8-9,15,20H,6-7,10-13H2,1-2H3,(H,19,23);1-3,6-7,13,18H,4-5,8-11H2,(H,17,21)(H,19,20);4H,1-2H3. The number of hydrogen-bond donors (Lipinski definition) is 6. The number of ether oxygens (including phenoxy) is 2. The van der Waals surface area contributed by atoms with Crippen LogP contribution in [0.3, 0.4) is 0 Å². The van der Waals surface area contributed by atoms with Crippen molar-refractivity contribution in [1.82, 2.24) is 26.3 Å². The first-order valence-corrected chi connectivity index (χ1v) is 17.4. The summed E-state index contributed by atoms with van der Waals surface area (Å²) in [5, 5.41) is 28.9. The van der Waals surface area contributed by atoms with E-state index in [1.165, 1.54) is 14.2 Å². The molecule has 0 saturated carbocycles. The van der Waals surface area contributed by atoms with E-state index in [9.17, 15) is 28.6 Å². The summed E-state index contributed by atoms with van der Waals surface area (Å²) in [6.45, 7) is 4.57. The number of unbranched alkanes of at least 4 members (excludes halogenated alkanes) is 2. The average molecular weight is 741 g/mol. The van der Waals surface area contributed by atoms with Crippen LogP contribution in [0.2, 0.25) is 13.6 Å². The molecular formula is C34H54B3N5O11. The zero-order chi connectivity index (χ0) is 39.7. The third kappa shape index (κ3) is 27.8. The maximum absolute atomic E-state index is 12.1. The third-order valence-corrected chi connectivity index (χ3v) is 6.88. The summed E-state index contributed by atoms with van der Waals surface area (Å²) in [7, 11) is 4.25. The predicted molar refractivity (Wildman–Crippen MR) is 201 cm³/mol. The van der Waals surface area contributed by atoms with Gasteiger partial charge in [-0.2, -0.15) is 0 Å². The summed E-state index contributed by atoms with van der Waals surface area (Å²) in [5.41, 5.74) is 1.83. The van der Waals surface area contributed by atoms with Crippen molar-refractivity contribution in [1.29, 1.82) is 0 Å². The summed E-state index contributed by atoms with van der Waals surface area (Å²) in [6.07, 6.45) is 2.68. The van der Waals surface area contributed by atoms with E-state index < -0.39 is 30.2 Å². The molecule has 53 heavy (non-hydrogen) atoms. The van der Waals surface area contributed by atoms with Gasteiger partial charge < -0.3 is 5.02 Å². The third-order valence-electron chi connectivity index (χ3n) is 6.88. The van der Waals surface area contributed by atoms with Crippen molar-refractivity contribution < 1.29 is 53.0 Å². The zero-order valence-electron chi connectivity index (χ0n) is 31.2. The van der Waals surface area contributed by atoms with Gasteiger partial charge in [0.1, 0.15) is 0 Å². The number of carboxylic acid groups (broad SMARTS) is 1. The number of nitrogens with one attached hydrogen (secondary N) is 4. The van der Waals surface area contributed by atoms with Crippen molar-refractivity contribution in [3.8, 4) is 0 Å². The molecule has 0 aliphatic carbocycles. The first kappa shape index (κ1) is 48.6. The van der Waals surface area contributed by atoms with Crippen LogP contribution in [0.4, 0.5) is 9.59 Å². The molecule has 2 aromatic carbocycles. The molecule has 2 atom stereocenters. The normalized spacial score (nSPS) is 11.0. The molecule has 6 N–H and O–H groups in total. The number of amides is 3. The van der Waals surface area contributed by atoms with Gasteiger partial charge in [0.25, 0.3) is 6.92 Å². The Balaban J connectivity index is 0.000000931. The van der Waals surface area contributed by atoms with E-state index in [0.717, 1.165) is 16.2 Å². The van der Waals surface area contributed by atoms with Gasteiger partial charge in [-0.15, -0.1) is 0 Å². The minimum absolute atomic E-state index is 0.0149. The fourth-order valence-corrected chi connectivity index (χ4v) is 4.19. The number of aliphatic carboxylic acids is 1. The number of carboxylic acids is 1. The van der Waals surface area contributed by atoms with Gasteiger partial charge in [-0.25, -0.2) is 0 Å². The van der Waals surface area contributed by atoms with Crippen molar-refractivity contribution >= 4 is 45.3 Å². The first-order chi connectivity index (χ1) is 25.4. The van der Waals surface area contributed by atoms with Gasteiger partial charge in [0.15, 0.2) is 0 Å². The summed E-state index contributed by atoms with van der Waals surface area (Å²) in [5.74, 6) is -1.23. The number of nitrogens with zero attached hydrogens (tertiary/aromatic N) is 1. The summed E-state index contributed by atoms with van der Waals surface area (Å²) in [6, 6.07) is 17.5. The summed E-state index contributed by atoms with van der Waals surface area (Å²) < 4.78 is 30.9. The van der Waals surface area contributed by atoms with Crippen LogP contribution >= 0.6 is 0 Å². The van der Waals surface area contributed by atoms with E-state index >= 15 is 0 Å². The van der Waals surface area contributed by atoms with E-state index in [1.54, 1.807) is 13.6 Å². The first-order valence-electron chi connectivity index (χ1n) is 17.4. The molecule has 0 heterocycles. The van der Waals surface area contributed by atoms with Crippen molar-refractivity contribution in [3.05, 3.63) is 71.8 Å². The molecule has 0 aliphatic heterocycles. The molecule has 3 amide bonds. The monoisotopic (exact) mass is 741 g/mol. The van der Waals surface area contributed by atoms with Crippen LogP contribution in [0.1, 0.15) is 49.7 Å². The Bertz CT molecular complexity index is 1300. The molecule has 0 saturated heterocycles. The number of hydrogen-bond acceptors (Lipinski definition) is 12. The minimum atomic E-state index is -0.984. The molecule has 0 spiro atoms. The van der Waals surface area contributed by atoms with Gasteiger partial charge >= 0.3 is 228 Å². The topological polar surface area (TPSA) is 222 Å². The Kier molecular flexibility index (Phi) is 29.5. The molecule has 0 aliphatic rings. The number of carbonyl (C=O) groups is 4. The Morgan fingerprint density at radius 3 is 1.51 bits per heavy atom. The van der Waals surface area contributed by atoms with Crippen LogP contribution < -0.4 is 21.3 Å². The quantitative estimate of drug-likeness (QED) is 0.0548. The predicted octanol–water partition coefficient (Wildman–Crippen LogP) is 2.43. The van der Waals surface area contributed by atoms with Gasteiger partial charge in [0.05, 0.1) is 0 Å². The second-order valence-corrected chi connectivity index (χ2v) is 11.7. The van der Waals surface area contributed by atoms with E-state index in [1.807, 2.05) is 60.7 Å². The molecule has 2 rings (SSSR count). The number of hydroxylamine groups is 2. The molecule has 0 bridgehead atoms. The second-order valence-electron chi connectivity index (χ2n) is 11.7. The van der Waals surface area contributed by atoms with Crippen molar-refractivity contribution in [2.24, 2.45) is 0 Å². The van der Waals surface area contributed by atoms with Gasteiger partial charge in [0, 0.05) is 0 Å². The van der Waals surface area contributed by atoms with Crippen LogP contribution in [0.25, 0.3) is 0 Å². The summed E-state index contributed by atoms with van der Waals surface area (Å²) in [4.78, 5) is 51.0. The molecule has 2 aromatic rings. The second kappa shape index (κ2) is 32.2. The number of alkyl carbamates (subject to hydrolysis) is 2. The van der Waals surface area contributed by atoms with Crippen LogP contribution in [-0.4, -0.2) is 113 Å². The molecule has 0 aromatic heterocycles. The number of benzene rings is 2. The van der Waals surface area contributed by atoms with Crippen LogP contribution in [-0.2, 0) is 46.5 Å². The van der Waals surface area contributed by atoms with E-state index in [4.69, 9.17) is 24.4 Å².